The summed E-state index contributed by atoms with van der Waals surface area (Å²) in [5, 5.41) is 14.6. The van der Waals surface area contributed by atoms with Crippen LogP contribution in [0.5, 0.6) is 5.75 Å². The zero-order chi connectivity index (χ0) is 25.7. The minimum atomic E-state index is -0.473. The van der Waals surface area contributed by atoms with E-state index in [4.69, 9.17) is 4.74 Å². The van der Waals surface area contributed by atoms with Crippen molar-refractivity contribution in [2.75, 3.05) is 20.0 Å². The number of aromatic nitrogens is 2. The van der Waals surface area contributed by atoms with E-state index >= 15 is 0 Å². The van der Waals surface area contributed by atoms with E-state index in [0.29, 0.717) is 33.2 Å². The van der Waals surface area contributed by atoms with Crippen molar-refractivity contribution in [3.8, 4) is 11.4 Å². The van der Waals surface area contributed by atoms with E-state index in [1.807, 2.05) is 22.8 Å². The van der Waals surface area contributed by atoms with Gasteiger partial charge in [0, 0.05) is 18.7 Å². The van der Waals surface area contributed by atoms with Crippen molar-refractivity contribution in [1.82, 2.24) is 14.9 Å². The Balaban J connectivity index is 1.54. The summed E-state index contributed by atoms with van der Waals surface area (Å²) in [5.41, 5.74) is 2.97. The number of benzene rings is 3. The smallest absolute Gasteiger partial charge is 0.337 e. The van der Waals surface area contributed by atoms with Crippen molar-refractivity contribution in [2.45, 2.75) is 11.7 Å². The number of nitro benzene ring substituents is 1. The largest absolute Gasteiger partial charge is 0.495 e. The summed E-state index contributed by atoms with van der Waals surface area (Å²) >= 11 is 1.21. The highest BCUT2D eigenvalue weighted by atomic mass is 32.2. The van der Waals surface area contributed by atoms with E-state index in [0.717, 1.165) is 5.56 Å². The number of hydrogen-bond donors (Lipinski definition) is 1. The van der Waals surface area contributed by atoms with Gasteiger partial charge in [-0.1, -0.05) is 36.0 Å². The van der Waals surface area contributed by atoms with Gasteiger partial charge in [-0.3, -0.25) is 19.5 Å². The fourth-order valence-electron chi connectivity index (χ4n) is 3.56. The molecule has 0 aliphatic heterocycles. The quantitative estimate of drug-likeness (QED) is 0.155. The summed E-state index contributed by atoms with van der Waals surface area (Å²) in [6.45, 7) is 0.288. The molecule has 36 heavy (non-hydrogen) atoms. The van der Waals surface area contributed by atoms with Gasteiger partial charge in [0.2, 0.25) is 5.91 Å². The average Bonchev–Trinajstić information content (AvgIpc) is 3.27. The summed E-state index contributed by atoms with van der Waals surface area (Å²) in [4.78, 5) is 39.5. The second-order valence-corrected chi connectivity index (χ2v) is 8.53. The second kappa shape index (κ2) is 10.9. The molecule has 10 nitrogen and oxygen atoms in total. The van der Waals surface area contributed by atoms with Gasteiger partial charge in [0.25, 0.3) is 5.69 Å². The van der Waals surface area contributed by atoms with Crippen LogP contribution in [0.2, 0.25) is 0 Å². The molecular weight excluding hydrogens is 484 g/mol. The molecule has 1 aromatic heterocycles. The molecule has 0 aliphatic rings. The van der Waals surface area contributed by atoms with E-state index in [1.165, 1.54) is 31.0 Å². The third kappa shape index (κ3) is 5.31. The lowest BCUT2D eigenvalue weighted by molar-refractivity contribution is -0.384. The lowest BCUT2D eigenvalue weighted by atomic mass is 10.1. The number of nitro groups is 1. The van der Waals surface area contributed by atoms with Gasteiger partial charge in [-0.2, -0.15) is 0 Å². The van der Waals surface area contributed by atoms with Gasteiger partial charge < -0.3 is 14.8 Å². The highest BCUT2D eigenvalue weighted by molar-refractivity contribution is 7.99. The second-order valence-electron chi connectivity index (χ2n) is 7.59. The number of nitrogens with zero attached hydrogens (tertiary/aromatic N) is 3. The van der Waals surface area contributed by atoms with E-state index in [2.05, 4.69) is 15.0 Å². The Labute approximate surface area is 210 Å². The molecule has 1 N–H and O–H groups in total. The molecule has 1 amide bonds. The van der Waals surface area contributed by atoms with Gasteiger partial charge in [-0.25, -0.2) is 9.78 Å². The predicted octanol–water partition coefficient (Wildman–Crippen LogP) is 4.14. The van der Waals surface area contributed by atoms with E-state index in [-0.39, 0.29) is 23.9 Å². The minimum absolute atomic E-state index is 0.0697. The van der Waals surface area contributed by atoms with Crippen molar-refractivity contribution in [3.05, 3.63) is 88.0 Å². The Bertz CT molecular complexity index is 1430. The zero-order valence-corrected chi connectivity index (χ0v) is 20.3. The van der Waals surface area contributed by atoms with Crippen molar-refractivity contribution in [2.24, 2.45) is 0 Å². The fourth-order valence-corrected chi connectivity index (χ4v) is 4.41. The summed E-state index contributed by atoms with van der Waals surface area (Å²) in [7, 11) is 2.87. The molecule has 0 radical (unpaired) electrons. The molecule has 11 heteroatoms. The Morgan fingerprint density at radius 1 is 1.08 bits per heavy atom. The number of rotatable bonds is 9. The number of methoxy groups -OCH3 is 2. The number of imidazole rings is 1. The molecule has 4 rings (SSSR count). The molecule has 0 aliphatic carbocycles. The van der Waals surface area contributed by atoms with Crippen LogP contribution in [0, 0.1) is 10.1 Å². The molecule has 4 aromatic rings. The van der Waals surface area contributed by atoms with E-state index < -0.39 is 10.9 Å². The van der Waals surface area contributed by atoms with Crippen molar-refractivity contribution in [3.63, 3.8) is 0 Å². The maximum atomic E-state index is 12.6. The lowest BCUT2D eigenvalue weighted by Crippen LogP contribution is -2.24. The van der Waals surface area contributed by atoms with Crippen LogP contribution in [0.4, 0.5) is 5.69 Å². The molecular formula is C25H22N4O6S. The standard InChI is InChI=1S/C25H22N4O6S/c1-34-22-6-4-3-5-21(22)28-20-12-11-18(29(32)33)13-19(20)27-25(28)36-15-23(30)26-14-16-7-9-17(10-8-16)24(31)35-2/h3-13H,14-15H2,1-2H3,(H,26,30). The van der Waals surface area contributed by atoms with Crippen LogP contribution in [-0.2, 0) is 16.1 Å². The van der Waals surface area contributed by atoms with Gasteiger partial charge >= 0.3 is 5.97 Å². The number of ether oxygens (including phenoxy) is 2. The Hall–Kier alpha value is -4.38. The molecule has 0 saturated carbocycles. The summed E-state index contributed by atoms with van der Waals surface area (Å²) in [6, 6.07) is 18.6. The number of thioether (sulfide) groups is 1. The summed E-state index contributed by atoms with van der Waals surface area (Å²) in [5.74, 6) is 0.0182. The minimum Gasteiger partial charge on any atom is -0.495 e. The first-order valence-corrected chi connectivity index (χ1v) is 11.8. The fraction of sp³-hybridized carbons (Fsp3) is 0.160. The monoisotopic (exact) mass is 506 g/mol. The number of hydrogen-bond acceptors (Lipinski definition) is 8. The van der Waals surface area contributed by atoms with Crippen LogP contribution in [0.1, 0.15) is 15.9 Å². The maximum Gasteiger partial charge on any atom is 0.337 e. The number of carbonyl (C=O) groups is 2. The van der Waals surface area contributed by atoms with Gasteiger partial charge in [0.1, 0.15) is 5.75 Å². The van der Waals surface area contributed by atoms with Gasteiger partial charge in [-0.05, 0) is 35.9 Å². The lowest BCUT2D eigenvalue weighted by Gasteiger charge is -2.13. The molecule has 184 valence electrons. The van der Waals surface area contributed by atoms with Crippen LogP contribution in [0.15, 0.2) is 71.9 Å². The Morgan fingerprint density at radius 3 is 2.53 bits per heavy atom. The van der Waals surface area contributed by atoms with Crippen LogP contribution in [0.25, 0.3) is 16.7 Å². The third-order valence-corrected chi connectivity index (χ3v) is 6.28. The van der Waals surface area contributed by atoms with Crippen molar-refractivity contribution >= 4 is 40.4 Å². The highest BCUT2D eigenvalue weighted by Gasteiger charge is 2.19. The van der Waals surface area contributed by atoms with Gasteiger partial charge in [0.05, 0.1) is 47.2 Å². The molecule has 0 atom stereocenters. The van der Waals surface area contributed by atoms with Crippen molar-refractivity contribution < 1.29 is 24.0 Å². The van der Waals surface area contributed by atoms with Crippen LogP contribution in [0.3, 0.4) is 0 Å². The summed E-state index contributed by atoms with van der Waals surface area (Å²) in [6.07, 6.45) is 0. The number of para-hydroxylation sites is 2. The first-order chi connectivity index (χ1) is 17.4. The number of amides is 1. The van der Waals surface area contributed by atoms with E-state index in [9.17, 15) is 19.7 Å². The first-order valence-electron chi connectivity index (χ1n) is 10.8. The predicted molar refractivity (Wildman–Crippen MR) is 135 cm³/mol. The maximum absolute atomic E-state index is 12.6. The average molecular weight is 507 g/mol. The molecule has 3 aromatic carbocycles. The van der Waals surface area contributed by atoms with Gasteiger partial charge in [0.15, 0.2) is 5.16 Å². The number of carbonyl (C=O) groups excluding carboxylic acids is 2. The molecule has 0 bridgehead atoms. The van der Waals surface area contributed by atoms with E-state index in [1.54, 1.807) is 43.5 Å². The summed E-state index contributed by atoms with van der Waals surface area (Å²) < 4.78 is 12.0. The Kier molecular flexibility index (Phi) is 7.50. The SMILES string of the molecule is COC(=O)c1ccc(CNC(=O)CSc2nc3cc([N+](=O)[O-])ccc3n2-c2ccccc2OC)cc1. The third-order valence-electron chi connectivity index (χ3n) is 5.34. The number of nitrogens with one attached hydrogen (secondary N) is 1. The topological polar surface area (TPSA) is 126 Å². The number of fused-ring (bicyclic) bond motifs is 1. The van der Waals surface area contributed by atoms with Crippen LogP contribution in [-0.4, -0.2) is 46.3 Å². The van der Waals surface area contributed by atoms with Crippen LogP contribution >= 0.6 is 11.8 Å². The molecule has 0 unspecified atom stereocenters. The normalized spacial score (nSPS) is 10.7. The molecule has 0 saturated heterocycles. The van der Waals surface area contributed by atoms with Crippen LogP contribution < -0.4 is 10.1 Å². The zero-order valence-electron chi connectivity index (χ0n) is 19.5. The van der Waals surface area contributed by atoms with Crippen molar-refractivity contribution in [1.29, 1.82) is 0 Å². The molecule has 1 heterocycles. The molecule has 0 spiro atoms. The number of non-ortho nitro benzene ring substituents is 1. The van der Waals surface area contributed by atoms with Gasteiger partial charge in [-0.15, -0.1) is 0 Å². The Morgan fingerprint density at radius 2 is 1.83 bits per heavy atom. The number of esters is 1. The molecule has 0 fully saturated rings. The highest BCUT2D eigenvalue weighted by Crippen LogP contribution is 2.33. The first kappa shape index (κ1) is 24.7.